The van der Waals surface area contributed by atoms with Gasteiger partial charge in [0, 0.05) is 14.2 Å². The normalized spacial score (nSPS) is 10.7. The third-order valence-electron chi connectivity index (χ3n) is 2.22. The largest absolute Gasteiger partial charge is 0.462 e. The Hall–Kier alpha value is -0.740. The molecule has 0 aromatic heterocycles. The van der Waals surface area contributed by atoms with Gasteiger partial charge in [-0.1, -0.05) is 15.9 Å². The van der Waals surface area contributed by atoms with Crippen molar-refractivity contribution in [2.24, 2.45) is 0 Å². The smallest absolute Gasteiger partial charge is 0.331 e. The van der Waals surface area contributed by atoms with Gasteiger partial charge in [0.25, 0.3) is 0 Å². The van der Waals surface area contributed by atoms with E-state index in [1.807, 2.05) is 0 Å². The fraction of sp³-hybridized carbons (Fsp3) is 0.846. The van der Waals surface area contributed by atoms with Gasteiger partial charge in [0.15, 0.2) is 0 Å². The second kappa shape index (κ2) is 15.2. The van der Waals surface area contributed by atoms with Crippen LogP contribution in [0, 0.1) is 0 Å². The molecule has 0 radical (unpaired) electrons. The molecule has 0 rings (SSSR count). The molecule has 0 saturated carbocycles. The van der Waals surface area contributed by atoms with Gasteiger partial charge in [-0.3, -0.25) is 9.59 Å². The monoisotopic (exact) mass is 386 g/mol. The van der Waals surface area contributed by atoms with E-state index in [4.69, 9.17) is 28.4 Å². The molecule has 0 saturated heterocycles. The van der Waals surface area contributed by atoms with E-state index in [9.17, 15) is 9.59 Å². The fourth-order valence-electron chi connectivity index (χ4n) is 1.13. The highest BCUT2D eigenvalue weighted by Gasteiger charge is 2.26. The minimum absolute atomic E-state index is 0.0536. The number of hydrogen-bond acceptors (Lipinski definition) is 8. The Kier molecular flexibility index (Phi) is 14.7. The maximum absolute atomic E-state index is 11.5. The van der Waals surface area contributed by atoms with Crippen LogP contribution in [-0.2, 0) is 38.0 Å². The van der Waals surface area contributed by atoms with Crippen molar-refractivity contribution in [3.8, 4) is 0 Å². The molecule has 8 nitrogen and oxygen atoms in total. The molecule has 0 aromatic rings. The minimum atomic E-state index is -1.16. The molecule has 9 heteroatoms. The van der Waals surface area contributed by atoms with Gasteiger partial charge < -0.3 is 28.4 Å². The quantitative estimate of drug-likeness (QED) is 0.180. The summed E-state index contributed by atoms with van der Waals surface area (Å²) in [6.07, 6.45) is 0. The van der Waals surface area contributed by atoms with Crippen LogP contribution in [-0.4, -0.2) is 83.8 Å². The molecule has 0 aliphatic rings. The van der Waals surface area contributed by atoms with Gasteiger partial charge in [0.2, 0.25) is 4.83 Å². The molecule has 0 bridgehead atoms. The van der Waals surface area contributed by atoms with Gasteiger partial charge in [-0.2, -0.15) is 0 Å². The number of halogens is 1. The van der Waals surface area contributed by atoms with Crippen LogP contribution in [0.5, 0.6) is 0 Å². The second-order valence-corrected chi connectivity index (χ2v) is 4.82. The predicted molar refractivity (Wildman–Crippen MR) is 80.0 cm³/mol. The summed E-state index contributed by atoms with van der Waals surface area (Å²) in [7, 11) is 3.13. The van der Waals surface area contributed by atoms with Gasteiger partial charge in [-0.25, -0.2) is 0 Å². The first-order chi connectivity index (χ1) is 10.6. The van der Waals surface area contributed by atoms with Crippen molar-refractivity contribution in [1.29, 1.82) is 0 Å². The molecule has 130 valence electrons. The molecular formula is C13H23BrO8. The van der Waals surface area contributed by atoms with Crippen LogP contribution in [0.1, 0.15) is 0 Å². The number of carbonyl (C=O) groups excluding carboxylic acids is 2. The third-order valence-corrected chi connectivity index (χ3v) is 2.97. The molecular weight excluding hydrogens is 364 g/mol. The van der Waals surface area contributed by atoms with Gasteiger partial charge in [-0.05, 0) is 0 Å². The number of hydrogen-bond donors (Lipinski definition) is 0. The first kappa shape index (κ1) is 21.3. The SMILES string of the molecule is COCCOCCOC(=O)C(Br)C(=O)OCCOCCOC. The number of ether oxygens (including phenoxy) is 6. The Balaban J connectivity index is 3.62. The van der Waals surface area contributed by atoms with E-state index in [0.717, 1.165) is 0 Å². The van der Waals surface area contributed by atoms with Crippen molar-refractivity contribution in [3.63, 3.8) is 0 Å². The van der Waals surface area contributed by atoms with Crippen LogP contribution in [0.15, 0.2) is 0 Å². The van der Waals surface area contributed by atoms with E-state index in [1.54, 1.807) is 14.2 Å². The highest BCUT2D eigenvalue weighted by Crippen LogP contribution is 2.05. The van der Waals surface area contributed by atoms with E-state index in [0.29, 0.717) is 26.4 Å². The fourth-order valence-corrected chi connectivity index (χ4v) is 1.40. The highest BCUT2D eigenvalue weighted by atomic mass is 79.9. The van der Waals surface area contributed by atoms with Crippen molar-refractivity contribution < 1.29 is 38.0 Å². The van der Waals surface area contributed by atoms with Crippen molar-refractivity contribution in [3.05, 3.63) is 0 Å². The lowest BCUT2D eigenvalue weighted by Gasteiger charge is -2.11. The van der Waals surface area contributed by atoms with E-state index in [2.05, 4.69) is 15.9 Å². The zero-order chi connectivity index (χ0) is 16.6. The Morgan fingerprint density at radius 1 is 0.727 bits per heavy atom. The Labute approximate surface area is 138 Å². The first-order valence-corrected chi connectivity index (χ1v) is 7.65. The maximum atomic E-state index is 11.5. The Morgan fingerprint density at radius 2 is 1.09 bits per heavy atom. The highest BCUT2D eigenvalue weighted by molar-refractivity contribution is 9.10. The first-order valence-electron chi connectivity index (χ1n) is 6.74. The van der Waals surface area contributed by atoms with Crippen LogP contribution in [0.3, 0.4) is 0 Å². The number of alkyl halides is 1. The lowest BCUT2D eigenvalue weighted by Crippen LogP contribution is -2.30. The summed E-state index contributed by atoms with van der Waals surface area (Å²) in [5, 5.41) is 0. The second-order valence-electron chi connectivity index (χ2n) is 3.91. The van der Waals surface area contributed by atoms with Crippen molar-refractivity contribution in [2.75, 3.05) is 67.1 Å². The molecule has 0 spiro atoms. The van der Waals surface area contributed by atoms with Crippen molar-refractivity contribution in [1.82, 2.24) is 0 Å². The van der Waals surface area contributed by atoms with Crippen LogP contribution in [0.2, 0.25) is 0 Å². The molecule has 22 heavy (non-hydrogen) atoms. The van der Waals surface area contributed by atoms with Crippen molar-refractivity contribution in [2.45, 2.75) is 4.83 Å². The number of methoxy groups -OCH3 is 2. The predicted octanol–water partition coefficient (Wildman–Crippen LogP) is 0.162. The lowest BCUT2D eigenvalue weighted by atomic mass is 10.4. The van der Waals surface area contributed by atoms with Crippen LogP contribution >= 0.6 is 15.9 Å². The van der Waals surface area contributed by atoms with E-state index >= 15 is 0 Å². The molecule has 0 N–H and O–H groups in total. The van der Waals surface area contributed by atoms with Crippen LogP contribution in [0.4, 0.5) is 0 Å². The van der Waals surface area contributed by atoms with Crippen LogP contribution in [0.25, 0.3) is 0 Å². The Bertz CT molecular complexity index is 272. The summed E-state index contributed by atoms with van der Waals surface area (Å²) in [6, 6.07) is 0. The minimum Gasteiger partial charge on any atom is -0.462 e. The molecule has 0 fully saturated rings. The number of carbonyl (C=O) groups is 2. The van der Waals surface area contributed by atoms with Crippen molar-refractivity contribution >= 4 is 27.9 Å². The standard InChI is InChI=1S/C13H23BrO8/c1-17-3-5-19-7-9-21-12(15)11(14)13(16)22-10-8-20-6-4-18-2/h11H,3-10H2,1-2H3. The zero-order valence-corrected chi connectivity index (χ0v) is 14.5. The molecule has 0 aliphatic heterocycles. The molecule has 0 aliphatic carbocycles. The summed E-state index contributed by atoms with van der Waals surface area (Å²) in [5.74, 6) is -1.44. The summed E-state index contributed by atoms with van der Waals surface area (Å²) in [4.78, 5) is 21.9. The van der Waals surface area contributed by atoms with E-state index in [1.165, 1.54) is 0 Å². The number of rotatable bonds is 14. The average Bonchev–Trinajstić information content (AvgIpc) is 2.52. The maximum Gasteiger partial charge on any atom is 0.331 e. The van der Waals surface area contributed by atoms with Gasteiger partial charge in [-0.15, -0.1) is 0 Å². The number of esters is 2. The zero-order valence-electron chi connectivity index (χ0n) is 12.9. The van der Waals surface area contributed by atoms with E-state index < -0.39 is 16.8 Å². The molecule has 0 heterocycles. The van der Waals surface area contributed by atoms with Crippen LogP contribution < -0.4 is 0 Å². The summed E-state index contributed by atoms with van der Waals surface area (Å²) in [6.45, 7) is 2.33. The van der Waals surface area contributed by atoms with E-state index in [-0.39, 0.29) is 26.4 Å². The lowest BCUT2D eigenvalue weighted by molar-refractivity contribution is -0.155. The van der Waals surface area contributed by atoms with Gasteiger partial charge >= 0.3 is 11.9 Å². The molecule has 0 atom stereocenters. The third kappa shape index (κ3) is 11.9. The summed E-state index contributed by atoms with van der Waals surface area (Å²) < 4.78 is 29.5. The summed E-state index contributed by atoms with van der Waals surface area (Å²) >= 11 is 2.93. The van der Waals surface area contributed by atoms with Gasteiger partial charge in [0.05, 0.1) is 39.6 Å². The molecule has 0 amide bonds. The van der Waals surface area contributed by atoms with Gasteiger partial charge in [0.1, 0.15) is 13.2 Å². The Morgan fingerprint density at radius 3 is 1.45 bits per heavy atom. The molecule has 0 unspecified atom stereocenters. The average molecular weight is 387 g/mol. The topological polar surface area (TPSA) is 89.5 Å². The summed E-state index contributed by atoms with van der Waals surface area (Å²) in [5.41, 5.74) is 0. The molecule has 0 aromatic carbocycles.